The van der Waals surface area contributed by atoms with Gasteiger partial charge in [0.15, 0.2) is 0 Å². The first kappa shape index (κ1) is 14.7. The highest BCUT2D eigenvalue weighted by Gasteiger charge is 2.23. The summed E-state index contributed by atoms with van der Waals surface area (Å²) in [6.07, 6.45) is 2.55. The average Bonchev–Trinajstić information content (AvgIpc) is 3.18. The molecular formula is C17H21FN2S. The van der Waals surface area contributed by atoms with Gasteiger partial charge < -0.3 is 5.32 Å². The van der Waals surface area contributed by atoms with E-state index in [0.29, 0.717) is 23.1 Å². The molecule has 21 heavy (non-hydrogen) atoms. The first-order chi connectivity index (χ1) is 10.1. The molecule has 112 valence electrons. The van der Waals surface area contributed by atoms with E-state index in [0.717, 1.165) is 17.2 Å². The van der Waals surface area contributed by atoms with Gasteiger partial charge in [0, 0.05) is 23.0 Å². The summed E-state index contributed by atoms with van der Waals surface area (Å²) in [6, 6.07) is 6.19. The molecule has 1 aromatic carbocycles. The summed E-state index contributed by atoms with van der Waals surface area (Å²) in [6.45, 7) is 6.94. The molecule has 4 heteroatoms. The molecule has 0 aliphatic heterocycles. The third kappa shape index (κ3) is 3.16. The zero-order valence-corrected chi connectivity index (χ0v) is 13.6. The molecule has 2 aromatic rings. The van der Waals surface area contributed by atoms with Crippen LogP contribution in [0.2, 0.25) is 0 Å². The van der Waals surface area contributed by atoms with Crippen LogP contribution in [0.25, 0.3) is 10.6 Å². The van der Waals surface area contributed by atoms with Crippen LogP contribution in [0.3, 0.4) is 0 Å². The van der Waals surface area contributed by atoms with Crippen LogP contribution in [0.4, 0.5) is 4.39 Å². The minimum atomic E-state index is -0.150. The highest BCUT2D eigenvalue weighted by atomic mass is 32.1. The number of benzene rings is 1. The highest BCUT2D eigenvalue weighted by Crippen LogP contribution is 2.34. The first-order valence-electron chi connectivity index (χ1n) is 7.54. The minimum absolute atomic E-state index is 0.150. The molecule has 1 heterocycles. The van der Waals surface area contributed by atoms with Gasteiger partial charge in [0.2, 0.25) is 0 Å². The lowest BCUT2D eigenvalue weighted by atomic mass is 10.1. The molecule has 3 rings (SSSR count). The number of nitrogens with one attached hydrogen (secondary N) is 1. The van der Waals surface area contributed by atoms with Crippen molar-refractivity contribution in [1.29, 1.82) is 0 Å². The molecule has 1 N–H and O–H groups in total. The van der Waals surface area contributed by atoms with E-state index in [2.05, 4.69) is 19.2 Å². The van der Waals surface area contributed by atoms with E-state index in [1.54, 1.807) is 24.3 Å². The maximum atomic E-state index is 14.3. The molecule has 1 aliphatic rings. The molecule has 1 aliphatic carbocycles. The van der Waals surface area contributed by atoms with Crippen LogP contribution >= 0.6 is 11.3 Å². The number of thiazole rings is 1. The lowest BCUT2D eigenvalue weighted by molar-refractivity contribution is 0.622. The monoisotopic (exact) mass is 304 g/mol. The van der Waals surface area contributed by atoms with Crippen molar-refractivity contribution < 1.29 is 4.39 Å². The fraction of sp³-hybridized carbons (Fsp3) is 0.471. The molecule has 0 spiro atoms. The van der Waals surface area contributed by atoms with Gasteiger partial charge in [0.25, 0.3) is 0 Å². The summed E-state index contributed by atoms with van der Waals surface area (Å²) in [7, 11) is 0. The molecule has 1 saturated carbocycles. The molecule has 0 amide bonds. The van der Waals surface area contributed by atoms with Crippen molar-refractivity contribution in [2.45, 2.75) is 52.1 Å². The molecule has 0 unspecified atom stereocenters. The van der Waals surface area contributed by atoms with Crippen molar-refractivity contribution in [1.82, 2.24) is 10.3 Å². The van der Waals surface area contributed by atoms with Gasteiger partial charge in [-0.15, -0.1) is 11.3 Å². The van der Waals surface area contributed by atoms with Gasteiger partial charge in [-0.05, 0) is 37.3 Å². The van der Waals surface area contributed by atoms with Crippen LogP contribution in [0, 0.1) is 12.7 Å². The number of hydrogen-bond acceptors (Lipinski definition) is 3. The van der Waals surface area contributed by atoms with Gasteiger partial charge in [-0.3, -0.25) is 0 Å². The Balaban J connectivity index is 1.94. The zero-order valence-electron chi connectivity index (χ0n) is 12.7. The van der Waals surface area contributed by atoms with Gasteiger partial charge in [0.1, 0.15) is 10.8 Å². The van der Waals surface area contributed by atoms with Crippen LogP contribution in [0.15, 0.2) is 18.2 Å². The number of aryl methyl sites for hydroxylation is 1. The second-order valence-electron chi connectivity index (χ2n) is 6.07. The topological polar surface area (TPSA) is 24.9 Å². The number of rotatable bonds is 5. The van der Waals surface area contributed by atoms with Crippen LogP contribution in [-0.4, -0.2) is 11.0 Å². The van der Waals surface area contributed by atoms with E-state index in [-0.39, 0.29) is 5.82 Å². The number of halogens is 1. The Hall–Kier alpha value is -1.26. The third-order valence-electron chi connectivity index (χ3n) is 3.83. The fourth-order valence-electron chi connectivity index (χ4n) is 2.39. The smallest absolute Gasteiger partial charge is 0.136 e. The van der Waals surface area contributed by atoms with E-state index >= 15 is 0 Å². The minimum Gasteiger partial charge on any atom is -0.309 e. The summed E-state index contributed by atoms with van der Waals surface area (Å²) in [4.78, 5) is 5.96. The van der Waals surface area contributed by atoms with Crippen LogP contribution < -0.4 is 5.32 Å². The maximum absolute atomic E-state index is 14.3. The van der Waals surface area contributed by atoms with E-state index in [4.69, 9.17) is 4.98 Å². The van der Waals surface area contributed by atoms with Crippen molar-refractivity contribution in [2.24, 2.45) is 0 Å². The van der Waals surface area contributed by atoms with Crippen molar-refractivity contribution in [2.75, 3.05) is 0 Å². The predicted molar refractivity (Wildman–Crippen MR) is 86.2 cm³/mol. The van der Waals surface area contributed by atoms with Crippen molar-refractivity contribution in [3.63, 3.8) is 0 Å². The summed E-state index contributed by atoms with van der Waals surface area (Å²) >= 11 is 1.62. The Morgan fingerprint density at radius 2 is 2.14 bits per heavy atom. The normalized spacial score (nSPS) is 14.9. The Labute approximate surface area is 129 Å². The van der Waals surface area contributed by atoms with Crippen molar-refractivity contribution in [3.05, 3.63) is 40.2 Å². The molecule has 0 radical (unpaired) electrons. The third-order valence-corrected chi connectivity index (χ3v) is 4.93. The van der Waals surface area contributed by atoms with E-state index < -0.39 is 0 Å². The Morgan fingerprint density at radius 1 is 1.38 bits per heavy atom. The van der Waals surface area contributed by atoms with Crippen LogP contribution in [-0.2, 0) is 6.54 Å². The van der Waals surface area contributed by atoms with Crippen molar-refractivity contribution >= 4 is 11.3 Å². The quantitative estimate of drug-likeness (QED) is 0.871. The maximum Gasteiger partial charge on any atom is 0.136 e. The second kappa shape index (κ2) is 5.85. The van der Waals surface area contributed by atoms with E-state index in [1.165, 1.54) is 17.7 Å². The molecule has 0 saturated heterocycles. The summed E-state index contributed by atoms with van der Waals surface area (Å²) in [5.74, 6) is 0.210. The van der Waals surface area contributed by atoms with E-state index in [1.807, 2.05) is 12.1 Å². The first-order valence-corrected chi connectivity index (χ1v) is 8.36. The molecule has 1 aromatic heterocycles. The number of aromatic nitrogens is 1. The van der Waals surface area contributed by atoms with Gasteiger partial charge in [-0.25, -0.2) is 9.37 Å². The standard InChI is InChI=1S/C17H21FN2S/c1-10(2)16-14(9-19-12-7-8-12)21-17(20-16)13-6-4-5-11(3)15(13)18/h4-6,10,12,19H,7-9H2,1-3H3. The summed E-state index contributed by atoms with van der Waals surface area (Å²) in [5.41, 5.74) is 2.40. The SMILES string of the molecule is Cc1cccc(-c2nc(C(C)C)c(CNC3CC3)s2)c1F. The Bertz CT molecular complexity index is 644. The molecular weight excluding hydrogens is 283 g/mol. The molecule has 0 atom stereocenters. The lowest BCUT2D eigenvalue weighted by Gasteiger charge is -2.05. The molecule has 2 nitrogen and oxygen atoms in total. The Morgan fingerprint density at radius 3 is 2.81 bits per heavy atom. The average molecular weight is 304 g/mol. The van der Waals surface area contributed by atoms with Crippen molar-refractivity contribution in [3.8, 4) is 10.6 Å². The van der Waals surface area contributed by atoms with Gasteiger partial charge in [-0.2, -0.15) is 0 Å². The number of nitrogens with zero attached hydrogens (tertiary/aromatic N) is 1. The van der Waals surface area contributed by atoms with Gasteiger partial charge in [-0.1, -0.05) is 26.0 Å². The molecule has 0 bridgehead atoms. The van der Waals surface area contributed by atoms with Gasteiger partial charge in [0.05, 0.1) is 5.69 Å². The van der Waals surface area contributed by atoms with Crippen LogP contribution in [0.1, 0.15) is 48.7 Å². The number of hydrogen-bond donors (Lipinski definition) is 1. The summed E-state index contributed by atoms with van der Waals surface area (Å²) < 4.78 is 14.3. The van der Waals surface area contributed by atoms with Gasteiger partial charge >= 0.3 is 0 Å². The second-order valence-corrected chi connectivity index (χ2v) is 7.16. The van der Waals surface area contributed by atoms with Crippen LogP contribution in [0.5, 0.6) is 0 Å². The summed E-state index contributed by atoms with van der Waals surface area (Å²) in [5, 5.41) is 4.33. The lowest BCUT2D eigenvalue weighted by Crippen LogP contribution is -2.15. The predicted octanol–water partition coefficient (Wildman–Crippen LogP) is 4.63. The fourth-order valence-corrected chi connectivity index (χ4v) is 3.58. The Kier molecular flexibility index (Phi) is 4.09. The highest BCUT2D eigenvalue weighted by molar-refractivity contribution is 7.15. The zero-order chi connectivity index (χ0) is 15.0. The largest absolute Gasteiger partial charge is 0.309 e. The van der Waals surface area contributed by atoms with E-state index in [9.17, 15) is 4.39 Å². The molecule has 1 fully saturated rings.